The van der Waals surface area contributed by atoms with E-state index in [2.05, 4.69) is 5.32 Å². The van der Waals surface area contributed by atoms with Gasteiger partial charge in [-0.25, -0.2) is 22.2 Å². The number of carbonyl (C=O) groups excluding carboxylic acids is 1. The molecule has 7 nitrogen and oxygen atoms in total. The average Bonchev–Trinajstić information content (AvgIpc) is 3.43. The molecule has 0 unspecified atom stereocenters. The van der Waals surface area contributed by atoms with Crippen molar-refractivity contribution >= 4 is 26.6 Å². The van der Waals surface area contributed by atoms with Crippen molar-refractivity contribution < 1.29 is 35.2 Å². The van der Waals surface area contributed by atoms with Crippen LogP contribution in [0.1, 0.15) is 59.3 Å². The number of nitrogens with zero attached hydrogens (tertiary/aromatic N) is 3. The second-order valence-corrected chi connectivity index (χ2v) is 15.0. The fourth-order valence-corrected chi connectivity index (χ4v) is 7.49. The van der Waals surface area contributed by atoms with Crippen LogP contribution in [-0.4, -0.2) is 73.5 Å². The number of carbonyl (C=O) groups is 1. The Bertz CT molecular complexity index is 1960. The lowest BCUT2D eigenvalue weighted by molar-refractivity contribution is -0.137. The maximum Gasteiger partial charge on any atom is 0.416 e. The minimum Gasteiger partial charge on any atom is -0.345 e. The van der Waals surface area contributed by atoms with Gasteiger partial charge in [0.25, 0.3) is 11.8 Å². The zero-order chi connectivity index (χ0) is 35.1. The molecule has 3 heterocycles. The fraction of sp³-hybridized carbons (Fsp3) is 0.389. The Morgan fingerprint density at radius 2 is 1.71 bits per heavy atom. The molecule has 2 aliphatic heterocycles. The van der Waals surface area contributed by atoms with Crippen molar-refractivity contribution in [1.29, 1.82) is 0 Å². The SMILES string of the molecule is C[C@H](NC(=O)c1c(CN2CCC(N3CCC(F)(F)C3)CC2)c(-c2cccc(C(F)(F)F)c2)nc2ccc(S(C)(=O)=O)cc12)c1ccccc1. The molecule has 6 rings (SSSR count). The Labute approximate surface area is 282 Å². The monoisotopic (exact) mass is 700 g/mol. The van der Waals surface area contributed by atoms with Gasteiger partial charge in [0.2, 0.25) is 0 Å². The number of amides is 1. The minimum absolute atomic E-state index is 0.0332. The van der Waals surface area contributed by atoms with Crippen molar-refractivity contribution in [3.63, 3.8) is 0 Å². The van der Waals surface area contributed by atoms with Crippen molar-refractivity contribution in [2.75, 3.05) is 32.4 Å². The zero-order valence-electron chi connectivity index (χ0n) is 27.1. The Kier molecular flexibility index (Phi) is 9.55. The van der Waals surface area contributed by atoms with Gasteiger partial charge in [0.1, 0.15) is 0 Å². The summed E-state index contributed by atoms with van der Waals surface area (Å²) in [6.45, 7) is 2.95. The summed E-state index contributed by atoms with van der Waals surface area (Å²) in [4.78, 5) is 23.0. The average molecular weight is 701 g/mol. The van der Waals surface area contributed by atoms with E-state index in [1.54, 1.807) is 6.92 Å². The van der Waals surface area contributed by atoms with E-state index in [-0.39, 0.29) is 58.2 Å². The van der Waals surface area contributed by atoms with Crippen LogP contribution in [0.5, 0.6) is 0 Å². The molecule has 0 aliphatic carbocycles. The summed E-state index contributed by atoms with van der Waals surface area (Å²) in [5.41, 5.74) is 0.975. The van der Waals surface area contributed by atoms with E-state index in [9.17, 15) is 35.2 Å². The van der Waals surface area contributed by atoms with Crippen molar-refractivity contribution in [2.24, 2.45) is 0 Å². The number of pyridine rings is 1. The molecule has 13 heteroatoms. The van der Waals surface area contributed by atoms with E-state index in [0.29, 0.717) is 38.0 Å². The zero-order valence-corrected chi connectivity index (χ0v) is 27.9. The van der Waals surface area contributed by atoms with Crippen LogP contribution in [0.25, 0.3) is 22.2 Å². The number of piperidine rings is 1. The Morgan fingerprint density at radius 3 is 2.35 bits per heavy atom. The summed E-state index contributed by atoms with van der Waals surface area (Å²) in [5, 5.41) is 3.26. The molecule has 2 fully saturated rings. The Balaban J connectivity index is 1.47. The maximum atomic E-state index is 14.4. The van der Waals surface area contributed by atoms with Crippen LogP contribution >= 0.6 is 0 Å². The van der Waals surface area contributed by atoms with Crippen molar-refractivity contribution in [3.8, 4) is 11.3 Å². The first-order valence-electron chi connectivity index (χ1n) is 16.1. The van der Waals surface area contributed by atoms with Gasteiger partial charge in [0, 0.05) is 48.3 Å². The minimum atomic E-state index is -4.63. The topological polar surface area (TPSA) is 82.6 Å². The summed E-state index contributed by atoms with van der Waals surface area (Å²) < 4.78 is 94.9. The second-order valence-electron chi connectivity index (χ2n) is 13.0. The Morgan fingerprint density at radius 1 is 1.00 bits per heavy atom. The van der Waals surface area contributed by atoms with E-state index in [1.807, 2.05) is 40.1 Å². The van der Waals surface area contributed by atoms with Crippen LogP contribution < -0.4 is 5.32 Å². The van der Waals surface area contributed by atoms with Crippen LogP contribution in [0.15, 0.2) is 77.7 Å². The molecular weight excluding hydrogens is 663 g/mol. The molecule has 1 amide bonds. The predicted octanol–water partition coefficient (Wildman–Crippen LogP) is 7.12. The fourth-order valence-electron chi connectivity index (χ4n) is 6.84. The number of hydrogen-bond donors (Lipinski definition) is 1. The van der Waals surface area contributed by atoms with Crippen LogP contribution in [-0.2, 0) is 22.6 Å². The lowest BCUT2D eigenvalue weighted by atomic mass is 9.93. The van der Waals surface area contributed by atoms with Crippen molar-refractivity contribution in [2.45, 2.75) is 61.8 Å². The number of benzene rings is 3. The van der Waals surface area contributed by atoms with Gasteiger partial charge in [0.05, 0.1) is 39.8 Å². The summed E-state index contributed by atoms with van der Waals surface area (Å²) in [6.07, 6.45) is -2.55. The molecule has 2 aliphatic rings. The first-order chi connectivity index (χ1) is 23.1. The first-order valence-corrected chi connectivity index (χ1v) is 18.0. The highest BCUT2D eigenvalue weighted by Gasteiger charge is 2.41. The lowest BCUT2D eigenvalue weighted by Gasteiger charge is -2.37. The van der Waals surface area contributed by atoms with E-state index >= 15 is 0 Å². The highest BCUT2D eigenvalue weighted by Crippen LogP contribution is 2.37. The molecule has 49 heavy (non-hydrogen) atoms. The molecule has 4 aromatic rings. The third kappa shape index (κ3) is 7.79. The van der Waals surface area contributed by atoms with Gasteiger partial charge in [0.15, 0.2) is 9.84 Å². The van der Waals surface area contributed by atoms with E-state index in [4.69, 9.17) is 4.98 Å². The quantitative estimate of drug-likeness (QED) is 0.197. The number of likely N-dealkylation sites (tertiary alicyclic amines) is 2. The van der Waals surface area contributed by atoms with Gasteiger partial charge < -0.3 is 5.32 Å². The van der Waals surface area contributed by atoms with Crippen molar-refractivity contribution in [3.05, 3.63) is 95.1 Å². The number of nitrogens with one attached hydrogen (secondary N) is 1. The van der Waals surface area contributed by atoms with E-state index in [1.165, 1.54) is 30.3 Å². The number of sulfone groups is 1. The number of aromatic nitrogens is 1. The molecule has 0 saturated carbocycles. The van der Waals surface area contributed by atoms with E-state index < -0.39 is 39.4 Å². The van der Waals surface area contributed by atoms with Crippen LogP contribution in [0.4, 0.5) is 22.0 Å². The highest BCUT2D eigenvalue weighted by molar-refractivity contribution is 7.90. The molecule has 2 saturated heterocycles. The predicted molar refractivity (Wildman–Crippen MR) is 177 cm³/mol. The molecule has 3 aromatic carbocycles. The molecule has 0 spiro atoms. The molecule has 0 bridgehead atoms. The smallest absolute Gasteiger partial charge is 0.345 e. The van der Waals surface area contributed by atoms with Crippen LogP contribution in [0.2, 0.25) is 0 Å². The number of rotatable bonds is 8. The summed E-state index contributed by atoms with van der Waals surface area (Å²) in [5.74, 6) is -3.25. The summed E-state index contributed by atoms with van der Waals surface area (Å²) in [7, 11) is -3.70. The van der Waals surface area contributed by atoms with Gasteiger partial charge >= 0.3 is 6.18 Å². The molecular formula is C36H37F5N4O3S. The van der Waals surface area contributed by atoms with Gasteiger partial charge in [-0.05, 0) is 68.8 Å². The largest absolute Gasteiger partial charge is 0.416 e. The van der Waals surface area contributed by atoms with Crippen LogP contribution in [0, 0.1) is 0 Å². The third-order valence-corrected chi connectivity index (χ3v) is 10.6. The summed E-state index contributed by atoms with van der Waals surface area (Å²) >= 11 is 0. The molecule has 0 radical (unpaired) electrons. The van der Waals surface area contributed by atoms with Crippen LogP contribution in [0.3, 0.4) is 0 Å². The number of fused-ring (bicyclic) bond motifs is 1. The number of alkyl halides is 5. The maximum absolute atomic E-state index is 14.4. The van der Waals surface area contributed by atoms with Crippen molar-refractivity contribution in [1.82, 2.24) is 20.1 Å². The molecule has 1 atom stereocenters. The Hall–Kier alpha value is -3.94. The van der Waals surface area contributed by atoms with Gasteiger partial charge in [-0.15, -0.1) is 0 Å². The molecule has 260 valence electrons. The normalized spacial score (nSPS) is 18.5. The highest BCUT2D eigenvalue weighted by atomic mass is 32.2. The third-order valence-electron chi connectivity index (χ3n) is 9.48. The standard InChI is InChI=1S/C36H37F5N4O3S/c1-23(24-7-4-3-5-8-24)42-34(46)32-29-20-28(49(2,47)48)11-12-31(29)43-33(25-9-6-10-26(19-25)36(39,40)41)30(32)21-44-16-13-27(14-17-44)45-18-15-35(37,38)22-45/h3-12,19-20,23,27H,13-18,21-22H2,1-2H3,(H,42,46)/t23-/m0/s1. The summed E-state index contributed by atoms with van der Waals surface area (Å²) in [6, 6.07) is 17.7. The number of hydrogen-bond acceptors (Lipinski definition) is 6. The number of halogens is 5. The molecule has 1 aromatic heterocycles. The van der Waals surface area contributed by atoms with Gasteiger partial charge in [-0.2, -0.15) is 13.2 Å². The lowest BCUT2D eigenvalue weighted by Crippen LogP contribution is -2.44. The van der Waals surface area contributed by atoms with E-state index in [0.717, 1.165) is 24.0 Å². The second kappa shape index (κ2) is 13.4. The first kappa shape index (κ1) is 34.9. The van der Waals surface area contributed by atoms with Gasteiger partial charge in [-0.3, -0.25) is 14.6 Å². The van der Waals surface area contributed by atoms with Gasteiger partial charge in [-0.1, -0.05) is 42.5 Å². The molecule has 1 N–H and O–H groups in total.